The van der Waals surface area contributed by atoms with Crippen molar-refractivity contribution in [3.05, 3.63) is 0 Å². The Labute approximate surface area is 136 Å². The third-order valence-electron chi connectivity index (χ3n) is 3.97. The smallest absolute Gasteiger partial charge is 0.0789 e. The van der Waals surface area contributed by atoms with Crippen molar-refractivity contribution in [2.24, 2.45) is 27.6 Å². The van der Waals surface area contributed by atoms with E-state index >= 15 is 0 Å². The van der Waals surface area contributed by atoms with Crippen molar-refractivity contribution in [1.82, 2.24) is 4.90 Å². The summed E-state index contributed by atoms with van der Waals surface area (Å²) in [6, 6.07) is 0. The Morgan fingerprint density at radius 2 is 1.36 bits per heavy atom. The molecule has 0 aromatic rings. The summed E-state index contributed by atoms with van der Waals surface area (Å²) in [5.41, 5.74) is 7.87. The summed E-state index contributed by atoms with van der Waals surface area (Å²) in [5.74, 6) is 0.975. The first kappa shape index (κ1) is 21.2. The van der Waals surface area contributed by atoms with Crippen molar-refractivity contribution in [3.63, 3.8) is 0 Å². The van der Waals surface area contributed by atoms with Crippen LogP contribution in [0, 0.1) is 11.8 Å². The molecule has 5 nitrogen and oxygen atoms in total. The van der Waals surface area contributed by atoms with Gasteiger partial charge in [-0.3, -0.25) is 14.9 Å². The standard InChI is InChI=1S/C17H36N4O/c1-13(2)15(5)19-7-9-21(12-17(22)11-18)10-8-20-16(6)14(3)4/h13-14,17,22H,7-12,18H2,1-6H3. The average molecular weight is 313 g/mol. The first-order valence-corrected chi connectivity index (χ1v) is 8.40. The predicted octanol–water partition coefficient (Wildman–Crippen LogP) is 1.84. The lowest BCUT2D eigenvalue weighted by Crippen LogP contribution is -2.39. The van der Waals surface area contributed by atoms with Gasteiger partial charge in [-0.05, 0) is 25.7 Å². The second-order valence-corrected chi connectivity index (χ2v) is 6.55. The second-order valence-electron chi connectivity index (χ2n) is 6.55. The van der Waals surface area contributed by atoms with E-state index in [1.807, 2.05) is 0 Å². The third-order valence-corrected chi connectivity index (χ3v) is 3.97. The SMILES string of the molecule is CC(=NCCN(CCN=C(C)C(C)C)CC(O)CN)C(C)C. The molecule has 0 saturated heterocycles. The minimum absolute atomic E-state index is 0.291. The summed E-state index contributed by atoms with van der Waals surface area (Å²) in [4.78, 5) is 11.4. The molecule has 0 aliphatic carbocycles. The van der Waals surface area contributed by atoms with E-state index < -0.39 is 6.10 Å². The Morgan fingerprint density at radius 1 is 0.955 bits per heavy atom. The lowest BCUT2D eigenvalue weighted by atomic mass is 10.1. The van der Waals surface area contributed by atoms with E-state index in [-0.39, 0.29) is 0 Å². The molecule has 0 aromatic heterocycles. The van der Waals surface area contributed by atoms with Crippen LogP contribution in [-0.2, 0) is 0 Å². The first-order valence-electron chi connectivity index (χ1n) is 8.40. The van der Waals surface area contributed by atoms with Gasteiger partial charge in [-0.1, -0.05) is 27.7 Å². The summed E-state index contributed by atoms with van der Waals surface area (Å²) in [6.45, 7) is 16.8. The average Bonchev–Trinajstić information content (AvgIpc) is 2.45. The molecule has 0 fully saturated rings. The molecule has 0 heterocycles. The molecular weight excluding hydrogens is 276 g/mol. The largest absolute Gasteiger partial charge is 0.390 e. The summed E-state index contributed by atoms with van der Waals surface area (Å²) in [6.07, 6.45) is -0.481. The molecular formula is C17H36N4O. The number of nitrogens with zero attached hydrogens (tertiary/aromatic N) is 3. The van der Waals surface area contributed by atoms with Crippen LogP contribution in [0.3, 0.4) is 0 Å². The molecule has 5 heteroatoms. The van der Waals surface area contributed by atoms with Crippen LogP contribution in [0.1, 0.15) is 41.5 Å². The molecule has 1 unspecified atom stereocenters. The highest BCUT2D eigenvalue weighted by atomic mass is 16.3. The zero-order valence-electron chi connectivity index (χ0n) is 15.3. The van der Waals surface area contributed by atoms with Crippen molar-refractivity contribution >= 4 is 11.4 Å². The summed E-state index contributed by atoms with van der Waals surface area (Å²) in [7, 11) is 0. The highest BCUT2D eigenvalue weighted by Crippen LogP contribution is 1.99. The van der Waals surface area contributed by atoms with E-state index in [9.17, 15) is 5.11 Å². The van der Waals surface area contributed by atoms with Gasteiger partial charge in [0, 0.05) is 37.6 Å². The zero-order valence-corrected chi connectivity index (χ0v) is 15.3. The number of hydrogen-bond acceptors (Lipinski definition) is 5. The van der Waals surface area contributed by atoms with E-state index in [4.69, 9.17) is 5.73 Å². The van der Waals surface area contributed by atoms with Gasteiger partial charge in [0.1, 0.15) is 0 Å². The molecule has 0 aliphatic heterocycles. The zero-order chi connectivity index (χ0) is 17.1. The molecule has 0 aromatic carbocycles. The molecule has 0 spiro atoms. The molecule has 0 bridgehead atoms. The molecule has 3 N–H and O–H groups in total. The van der Waals surface area contributed by atoms with Crippen molar-refractivity contribution in [2.45, 2.75) is 47.6 Å². The highest BCUT2D eigenvalue weighted by molar-refractivity contribution is 5.84. The van der Waals surface area contributed by atoms with Gasteiger partial charge in [0.15, 0.2) is 0 Å². The number of hydrogen-bond donors (Lipinski definition) is 2. The van der Waals surface area contributed by atoms with E-state index in [2.05, 4.69) is 56.4 Å². The van der Waals surface area contributed by atoms with Crippen LogP contribution in [0.5, 0.6) is 0 Å². The maximum absolute atomic E-state index is 9.78. The molecule has 22 heavy (non-hydrogen) atoms. The van der Waals surface area contributed by atoms with Crippen LogP contribution >= 0.6 is 0 Å². The number of aliphatic imine (C=N–C) groups is 2. The minimum Gasteiger partial charge on any atom is -0.390 e. The van der Waals surface area contributed by atoms with E-state index in [0.29, 0.717) is 24.9 Å². The third kappa shape index (κ3) is 10.0. The summed E-state index contributed by atoms with van der Waals surface area (Å²) >= 11 is 0. The molecule has 1 atom stereocenters. The lowest BCUT2D eigenvalue weighted by molar-refractivity contribution is 0.122. The van der Waals surface area contributed by atoms with Gasteiger partial charge in [-0.15, -0.1) is 0 Å². The fraction of sp³-hybridized carbons (Fsp3) is 0.882. The maximum atomic E-state index is 9.78. The fourth-order valence-corrected chi connectivity index (χ4v) is 1.77. The second kappa shape index (κ2) is 11.7. The molecule has 0 aliphatic rings. The van der Waals surface area contributed by atoms with Crippen molar-refractivity contribution in [2.75, 3.05) is 39.3 Å². The molecule has 0 amide bonds. The molecule has 0 saturated carbocycles. The van der Waals surface area contributed by atoms with Crippen molar-refractivity contribution < 1.29 is 5.11 Å². The Morgan fingerprint density at radius 3 is 1.68 bits per heavy atom. The van der Waals surface area contributed by atoms with Crippen LogP contribution in [-0.4, -0.2) is 66.8 Å². The Balaban J connectivity index is 4.44. The van der Waals surface area contributed by atoms with Crippen LogP contribution in [0.4, 0.5) is 0 Å². The Kier molecular flexibility index (Phi) is 11.3. The van der Waals surface area contributed by atoms with Gasteiger partial charge < -0.3 is 10.8 Å². The first-order chi connectivity index (χ1) is 10.3. The number of aliphatic hydroxyl groups is 1. The van der Waals surface area contributed by atoms with Crippen LogP contribution < -0.4 is 5.73 Å². The van der Waals surface area contributed by atoms with E-state index in [1.54, 1.807) is 0 Å². The van der Waals surface area contributed by atoms with E-state index in [0.717, 1.165) is 26.2 Å². The Bertz CT molecular complexity index is 323. The van der Waals surface area contributed by atoms with Gasteiger partial charge in [0.25, 0.3) is 0 Å². The number of rotatable bonds is 11. The molecule has 0 radical (unpaired) electrons. The lowest BCUT2D eigenvalue weighted by Gasteiger charge is -2.23. The predicted molar refractivity (Wildman–Crippen MR) is 97.1 cm³/mol. The van der Waals surface area contributed by atoms with Gasteiger partial charge >= 0.3 is 0 Å². The van der Waals surface area contributed by atoms with Gasteiger partial charge in [-0.25, -0.2) is 0 Å². The topological polar surface area (TPSA) is 74.2 Å². The Hall–Kier alpha value is -0.780. The maximum Gasteiger partial charge on any atom is 0.0789 e. The summed E-state index contributed by atoms with van der Waals surface area (Å²) in [5, 5.41) is 9.78. The number of nitrogens with two attached hydrogens (primary N) is 1. The van der Waals surface area contributed by atoms with Crippen LogP contribution in [0.2, 0.25) is 0 Å². The van der Waals surface area contributed by atoms with Crippen molar-refractivity contribution in [3.8, 4) is 0 Å². The van der Waals surface area contributed by atoms with Gasteiger partial charge in [0.2, 0.25) is 0 Å². The molecule has 130 valence electrons. The quantitative estimate of drug-likeness (QED) is 0.572. The van der Waals surface area contributed by atoms with Crippen LogP contribution in [0.15, 0.2) is 9.98 Å². The normalized spacial score (nSPS) is 15.2. The monoisotopic (exact) mass is 312 g/mol. The number of aliphatic hydroxyl groups excluding tert-OH is 1. The van der Waals surface area contributed by atoms with Crippen molar-refractivity contribution in [1.29, 1.82) is 0 Å². The summed E-state index contributed by atoms with van der Waals surface area (Å²) < 4.78 is 0. The van der Waals surface area contributed by atoms with Crippen LogP contribution in [0.25, 0.3) is 0 Å². The van der Waals surface area contributed by atoms with Gasteiger partial charge in [0.05, 0.1) is 19.2 Å². The highest BCUT2D eigenvalue weighted by Gasteiger charge is 2.10. The minimum atomic E-state index is -0.481. The fourth-order valence-electron chi connectivity index (χ4n) is 1.77. The molecule has 0 rings (SSSR count). The van der Waals surface area contributed by atoms with E-state index in [1.165, 1.54) is 11.4 Å². The van der Waals surface area contributed by atoms with Gasteiger partial charge in [-0.2, -0.15) is 0 Å².